The van der Waals surface area contributed by atoms with Crippen molar-refractivity contribution in [1.29, 1.82) is 0 Å². The van der Waals surface area contributed by atoms with Gasteiger partial charge in [0.2, 0.25) is 0 Å². The van der Waals surface area contributed by atoms with Gasteiger partial charge in [-0.2, -0.15) is 0 Å². The summed E-state index contributed by atoms with van der Waals surface area (Å²) in [5, 5.41) is 0. The van der Waals surface area contributed by atoms with E-state index in [0.29, 0.717) is 26.3 Å². The molecule has 5 heteroatoms. The Balaban J connectivity index is 1.54. The molecule has 1 aromatic carbocycles. The van der Waals surface area contributed by atoms with Crippen molar-refractivity contribution in [2.24, 2.45) is 0 Å². The number of ether oxygens (including phenoxy) is 1. The lowest BCUT2D eigenvalue weighted by Gasteiger charge is -2.39. The van der Waals surface area contributed by atoms with Crippen LogP contribution in [-0.2, 0) is 4.74 Å². The van der Waals surface area contributed by atoms with Crippen LogP contribution in [0.25, 0.3) is 0 Å². The molecule has 0 unspecified atom stereocenters. The van der Waals surface area contributed by atoms with Gasteiger partial charge in [-0.1, -0.05) is 12.1 Å². The molecule has 2 amide bonds. The number of piperazine rings is 1. The van der Waals surface area contributed by atoms with E-state index in [9.17, 15) is 4.79 Å². The Hall–Kier alpha value is -1.75. The van der Waals surface area contributed by atoms with Crippen LogP contribution in [-0.4, -0.2) is 68.3 Å². The van der Waals surface area contributed by atoms with Crippen molar-refractivity contribution in [3.8, 4) is 0 Å². The fraction of sp³-hybridized carbons (Fsp3) is 0.533. The lowest BCUT2D eigenvalue weighted by molar-refractivity contribution is 0.0428. The highest BCUT2D eigenvalue weighted by Crippen LogP contribution is 2.16. The number of amides is 2. The van der Waals surface area contributed by atoms with Crippen molar-refractivity contribution in [2.75, 3.05) is 57.4 Å². The summed E-state index contributed by atoms with van der Waals surface area (Å²) < 4.78 is 5.29. The molecule has 1 aromatic rings. The van der Waals surface area contributed by atoms with Gasteiger partial charge in [0.1, 0.15) is 0 Å². The molecule has 2 aliphatic heterocycles. The number of morpholine rings is 1. The van der Waals surface area contributed by atoms with Crippen molar-refractivity contribution in [1.82, 2.24) is 9.80 Å². The molecule has 0 aliphatic carbocycles. The fourth-order valence-corrected chi connectivity index (χ4v) is 2.70. The third kappa shape index (κ3) is 2.88. The van der Waals surface area contributed by atoms with Gasteiger partial charge in [-0.25, -0.2) is 4.79 Å². The van der Waals surface area contributed by atoms with Crippen LogP contribution in [0.2, 0.25) is 0 Å². The molecule has 0 bridgehead atoms. The Bertz CT molecular complexity index is 438. The van der Waals surface area contributed by atoms with Crippen LogP contribution >= 0.6 is 0 Å². The highest BCUT2D eigenvalue weighted by atomic mass is 16.5. The number of nitrogens with zero attached hydrogens (tertiary/aromatic N) is 3. The molecule has 20 heavy (non-hydrogen) atoms. The summed E-state index contributed by atoms with van der Waals surface area (Å²) in [5.41, 5.74) is 1.21. The second kappa shape index (κ2) is 6.13. The molecule has 2 fully saturated rings. The maximum Gasteiger partial charge on any atom is 0.320 e. The molecular weight excluding hydrogens is 254 g/mol. The van der Waals surface area contributed by atoms with Gasteiger partial charge in [-0.3, -0.25) is 0 Å². The smallest absolute Gasteiger partial charge is 0.320 e. The molecule has 0 spiro atoms. The molecule has 5 nitrogen and oxygen atoms in total. The Morgan fingerprint density at radius 2 is 1.55 bits per heavy atom. The Morgan fingerprint density at radius 1 is 0.950 bits per heavy atom. The number of rotatable bonds is 1. The summed E-state index contributed by atoms with van der Waals surface area (Å²) in [5.74, 6) is 0. The van der Waals surface area contributed by atoms with Crippen molar-refractivity contribution in [3.63, 3.8) is 0 Å². The monoisotopic (exact) mass is 274 g/mol. The predicted molar refractivity (Wildman–Crippen MR) is 76.9 cm³/mol. The number of carbonyl (C=O) groups is 1. The maximum absolute atomic E-state index is 12.4. The zero-order valence-corrected chi connectivity index (χ0v) is 11.6. The van der Waals surface area contributed by atoms with E-state index in [0.717, 1.165) is 26.2 Å². The summed E-state index contributed by atoms with van der Waals surface area (Å²) in [6, 6.07) is 11.2. The van der Waals surface area contributed by atoms with Gasteiger partial charge in [-0.05, 0) is 18.2 Å². The number of carbonyl (C=O) groups excluding carboxylic acids is 1. The van der Waals surface area contributed by atoms with Crippen molar-refractivity contribution in [3.05, 3.63) is 30.3 Å². The standard InChI is InChI=1S/C15H20N3O2/c19-15(18-10-12-20-13-11-18)17-8-6-16(7-9-17)14-4-2-1-3-5-14/h2-5H,6-13H2. The molecule has 0 aromatic heterocycles. The normalized spacial score (nSPS) is 20.1. The summed E-state index contributed by atoms with van der Waals surface area (Å²) in [6.45, 7) is 6.10. The first-order valence-corrected chi connectivity index (χ1v) is 7.17. The molecule has 1 radical (unpaired) electrons. The number of benzene rings is 1. The van der Waals surface area contributed by atoms with Crippen LogP contribution in [0, 0.1) is 6.07 Å². The number of hydrogen-bond acceptors (Lipinski definition) is 3. The van der Waals surface area contributed by atoms with E-state index in [4.69, 9.17) is 4.74 Å². The average molecular weight is 274 g/mol. The van der Waals surface area contributed by atoms with Crippen LogP contribution < -0.4 is 4.90 Å². The van der Waals surface area contributed by atoms with Gasteiger partial charge in [0, 0.05) is 45.0 Å². The van der Waals surface area contributed by atoms with Gasteiger partial charge in [0.15, 0.2) is 0 Å². The molecule has 2 saturated heterocycles. The first-order valence-electron chi connectivity index (χ1n) is 7.17. The molecular formula is C15H20N3O2. The van der Waals surface area contributed by atoms with Crippen LogP contribution in [0.5, 0.6) is 0 Å². The summed E-state index contributed by atoms with van der Waals surface area (Å²) in [6.07, 6.45) is 0. The van der Waals surface area contributed by atoms with Crippen molar-refractivity contribution >= 4 is 11.7 Å². The van der Waals surface area contributed by atoms with Gasteiger partial charge < -0.3 is 19.4 Å². The molecule has 0 N–H and O–H groups in total. The van der Waals surface area contributed by atoms with E-state index in [1.165, 1.54) is 5.69 Å². The van der Waals surface area contributed by atoms with Gasteiger partial charge in [-0.15, -0.1) is 0 Å². The second-order valence-corrected chi connectivity index (χ2v) is 5.11. The number of urea groups is 1. The van der Waals surface area contributed by atoms with Gasteiger partial charge in [0.05, 0.1) is 13.2 Å². The van der Waals surface area contributed by atoms with Crippen LogP contribution in [0.15, 0.2) is 24.3 Å². The summed E-state index contributed by atoms with van der Waals surface area (Å²) in [7, 11) is 0. The minimum Gasteiger partial charge on any atom is -0.378 e. The molecule has 2 heterocycles. The van der Waals surface area contributed by atoms with E-state index in [1.54, 1.807) is 0 Å². The first-order chi connectivity index (χ1) is 9.84. The van der Waals surface area contributed by atoms with E-state index >= 15 is 0 Å². The lowest BCUT2D eigenvalue weighted by Crippen LogP contribution is -2.54. The average Bonchev–Trinajstić information content (AvgIpc) is 2.56. The first kappa shape index (κ1) is 13.2. The topological polar surface area (TPSA) is 36.0 Å². The second-order valence-electron chi connectivity index (χ2n) is 5.11. The van der Waals surface area contributed by atoms with Crippen LogP contribution in [0.1, 0.15) is 0 Å². The summed E-state index contributed by atoms with van der Waals surface area (Å²) >= 11 is 0. The van der Waals surface area contributed by atoms with Gasteiger partial charge >= 0.3 is 6.03 Å². The Labute approximate surface area is 119 Å². The summed E-state index contributed by atoms with van der Waals surface area (Å²) in [4.78, 5) is 18.5. The highest BCUT2D eigenvalue weighted by molar-refractivity contribution is 5.75. The predicted octanol–water partition coefficient (Wildman–Crippen LogP) is 1.06. The van der Waals surface area contributed by atoms with Crippen molar-refractivity contribution in [2.45, 2.75) is 0 Å². The Kier molecular flexibility index (Phi) is 4.06. The lowest BCUT2D eigenvalue weighted by atomic mass is 10.2. The minimum absolute atomic E-state index is 0.161. The van der Waals surface area contributed by atoms with E-state index in [1.807, 2.05) is 21.9 Å². The zero-order valence-electron chi connectivity index (χ0n) is 11.6. The third-order valence-electron chi connectivity index (χ3n) is 3.90. The maximum atomic E-state index is 12.4. The molecule has 0 saturated carbocycles. The van der Waals surface area contributed by atoms with Gasteiger partial charge in [0.25, 0.3) is 0 Å². The molecule has 3 rings (SSSR count). The quantitative estimate of drug-likeness (QED) is 0.768. The Morgan fingerprint density at radius 3 is 2.20 bits per heavy atom. The molecule has 0 atom stereocenters. The van der Waals surface area contributed by atoms with E-state index in [2.05, 4.69) is 23.1 Å². The largest absolute Gasteiger partial charge is 0.378 e. The highest BCUT2D eigenvalue weighted by Gasteiger charge is 2.26. The van der Waals surface area contributed by atoms with Crippen LogP contribution in [0.3, 0.4) is 0 Å². The number of hydrogen-bond donors (Lipinski definition) is 0. The SMILES string of the molecule is O=C(N1CCOCC1)N1CCN(c2cc[c]cc2)CC1. The molecule has 2 aliphatic rings. The van der Waals surface area contributed by atoms with E-state index in [-0.39, 0.29) is 6.03 Å². The van der Waals surface area contributed by atoms with E-state index < -0.39 is 0 Å². The fourth-order valence-electron chi connectivity index (χ4n) is 2.70. The number of anilines is 1. The van der Waals surface area contributed by atoms with Crippen molar-refractivity contribution < 1.29 is 9.53 Å². The van der Waals surface area contributed by atoms with Crippen LogP contribution in [0.4, 0.5) is 10.5 Å². The zero-order chi connectivity index (χ0) is 13.8. The minimum atomic E-state index is 0.161. The third-order valence-corrected chi connectivity index (χ3v) is 3.90. The molecule has 107 valence electrons.